The van der Waals surface area contributed by atoms with Gasteiger partial charge >= 0.3 is 12.3 Å². The van der Waals surface area contributed by atoms with Gasteiger partial charge in [0.25, 0.3) is 0 Å². The van der Waals surface area contributed by atoms with Crippen LogP contribution in [0.15, 0.2) is 24.3 Å². The van der Waals surface area contributed by atoms with Crippen molar-refractivity contribution >= 4 is 12.3 Å². The second kappa shape index (κ2) is 9.80. The van der Waals surface area contributed by atoms with Crippen molar-refractivity contribution in [1.29, 1.82) is 0 Å². The molecule has 0 saturated heterocycles. The smallest absolute Gasteiger partial charge is 0.438 e. The predicted octanol–water partition coefficient (Wildman–Crippen LogP) is 6.14. The van der Waals surface area contributed by atoms with Gasteiger partial charge in [-0.2, -0.15) is 0 Å². The minimum absolute atomic E-state index is 0.413. The third kappa shape index (κ3) is 8.19. The van der Waals surface area contributed by atoms with E-state index < -0.39 is 29.6 Å². The summed E-state index contributed by atoms with van der Waals surface area (Å²) in [7, 11) is 1.26. The highest BCUT2D eigenvalue weighted by atomic mass is 16.7. The number of benzene rings is 1. The number of ether oxygens (including phenoxy) is 4. The fourth-order valence-corrected chi connectivity index (χ4v) is 2.59. The maximum Gasteiger partial charge on any atom is 0.509 e. The van der Waals surface area contributed by atoms with E-state index in [0.717, 1.165) is 5.56 Å². The first-order chi connectivity index (χ1) is 12.8. The van der Waals surface area contributed by atoms with E-state index >= 15 is 0 Å². The maximum atomic E-state index is 12.2. The lowest BCUT2D eigenvalue weighted by molar-refractivity contribution is -0.0546. The van der Waals surface area contributed by atoms with Crippen molar-refractivity contribution < 1.29 is 28.5 Å². The van der Waals surface area contributed by atoms with Crippen LogP contribution in [0, 0.1) is 0 Å². The Hall–Kier alpha value is -2.24. The Kier molecular flexibility index (Phi) is 8.33. The van der Waals surface area contributed by atoms with E-state index in [1.807, 2.05) is 31.2 Å². The molecular formula is C22H34O6. The molecule has 0 heterocycles. The molecule has 0 radical (unpaired) electrons. The maximum absolute atomic E-state index is 12.2. The van der Waals surface area contributed by atoms with E-state index in [1.165, 1.54) is 12.7 Å². The zero-order chi connectivity index (χ0) is 21.5. The van der Waals surface area contributed by atoms with Gasteiger partial charge in [-0.1, -0.05) is 38.1 Å². The van der Waals surface area contributed by atoms with Crippen LogP contribution < -0.4 is 0 Å². The minimum Gasteiger partial charge on any atom is -0.438 e. The van der Waals surface area contributed by atoms with Crippen LogP contribution in [-0.2, 0) is 18.9 Å². The van der Waals surface area contributed by atoms with E-state index in [4.69, 9.17) is 14.2 Å². The SMILES string of the molecule is COC(=O)OC(C)(C)CCC(C)(C)OC(=O)OC(C)c1ccc(C(C)C)cc1. The lowest BCUT2D eigenvalue weighted by Crippen LogP contribution is -2.34. The molecule has 1 atom stereocenters. The summed E-state index contributed by atoms with van der Waals surface area (Å²) < 4.78 is 20.6. The summed E-state index contributed by atoms with van der Waals surface area (Å²) in [6, 6.07) is 8.01. The van der Waals surface area contributed by atoms with Crippen LogP contribution in [0.1, 0.15) is 84.5 Å². The molecule has 0 spiro atoms. The summed E-state index contributed by atoms with van der Waals surface area (Å²) in [6.07, 6.45) is -0.890. The molecule has 0 aromatic heterocycles. The summed E-state index contributed by atoms with van der Waals surface area (Å²) in [5.74, 6) is 0.448. The molecule has 0 N–H and O–H groups in total. The molecule has 1 rings (SSSR count). The van der Waals surface area contributed by atoms with Crippen LogP contribution in [0.2, 0.25) is 0 Å². The van der Waals surface area contributed by atoms with Gasteiger partial charge in [0.15, 0.2) is 0 Å². The van der Waals surface area contributed by atoms with Crippen molar-refractivity contribution in [3.8, 4) is 0 Å². The van der Waals surface area contributed by atoms with E-state index in [-0.39, 0.29) is 0 Å². The molecule has 158 valence electrons. The Morgan fingerprint density at radius 3 is 1.68 bits per heavy atom. The summed E-state index contributed by atoms with van der Waals surface area (Å²) >= 11 is 0. The molecule has 0 fully saturated rings. The first-order valence-corrected chi connectivity index (χ1v) is 9.61. The Labute approximate surface area is 168 Å². The fraction of sp³-hybridized carbons (Fsp3) is 0.636. The standard InChI is InChI=1S/C22H34O6/c1-15(2)17-9-11-18(12-10-17)16(3)26-20(24)28-22(6,7)14-13-21(4,5)27-19(23)25-8/h9-12,15-16H,13-14H2,1-8H3. The Morgan fingerprint density at radius 2 is 1.25 bits per heavy atom. The minimum atomic E-state index is -0.769. The van der Waals surface area contributed by atoms with Crippen LogP contribution in [0.5, 0.6) is 0 Å². The number of rotatable bonds is 8. The third-order valence-corrected chi connectivity index (χ3v) is 4.56. The molecule has 0 aliphatic carbocycles. The second-order valence-electron chi connectivity index (χ2n) is 8.51. The van der Waals surface area contributed by atoms with Crippen molar-refractivity contribution in [3.05, 3.63) is 35.4 Å². The first kappa shape index (κ1) is 23.8. The van der Waals surface area contributed by atoms with Crippen LogP contribution in [0.4, 0.5) is 9.59 Å². The fourth-order valence-electron chi connectivity index (χ4n) is 2.59. The molecule has 0 saturated carbocycles. The molecule has 0 aliphatic rings. The molecule has 1 unspecified atom stereocenters. The van der Waals surface area contributed by atoms with Gasteiger partial charge in [0, 0.05) is 0 Å². The van der Waals surface area contributed by atoms with Gasteiger partial charge in [-0.25, -0.2) is 9.59 Å². The van der Waals surface area contributed by atoms with Crippen molar-refractivity contribution in [2.75, 3.05) is 7.11 Å². The highest BCUT2D eigenvalue weighted by Crippen LogP contribution is 2.27. The van der Waals surface area contributed by atoms with Crippen molar-refractivity contribution in [1.82, 2.24) is 0 Å². The lowest BCUT2D eigenvalue weighted by atomic mass is 9.94. The van der Waals surface area contributed by atoms with Gasteiger partial charge < -0.3 is 18.9 Å². The van der Waals surface area contributed by atoms with Crippen molar-refractivity contribution in [2.24, 2.45) is 0 Å². The average Bonchev–Trinajstić information content (AvgIpc) is 2.59. The first-order valence-electron chi connectivity index (χ1n) is 9.61. The quantitative estimate of drug-likeness (QED) is 0.493. The van der Waals surface area contributed by atoms with Crippen molar-refractivity contribution in [3.63, 3.8) is 0 Å². The van der Waals surface area contributed by atoms with Gasteiger partial charge in [-0.05, 0) is 64.5 Å². The van der Waals surface area contributed by atoms with Gasteiger partial charge in [0.1, 0.15) is 17.3 Å². The number of hydrogen-bond donors (Lipinski definition) is 0. The lowest BCUT2D eigenvalue weighted by Gasteiger charge is -2.30. The van der Waals surface area contributed by atoms with Crippen LogP contribution >= 0.6 is 0 Å². The van der Waals surface area contributed by atoms with Crippen LogP contribution in [0.3, 0.4) is 0 Å². The van der Waals surface area contributed by atoms with Gasteiger partial charge in [0.2, 0.25) is 0 Å². The zero-order valence-electron chi connectivity index (χ0n) is 18.3. The van der Waals surface area contributed by atoms with E-state index in [2.05, 4.69) is 18.6 Å². The predicted molar refractivity (Wildman–Crippen MR) is 107 cm³/mol. The van der Waals surface area contributed by atoms with E-state index in [9.17, 15) is 9.59 Å². The Balaban J connectivity index is 2.56. The zero-order valence-corrected chi connectivity index (χ0v) is 18.3. The molecule has 6 nitrogen and oxygen atoms in total. The number of hydrogen-bond acceptors (Lipinski definition) is 6. The highest BCUT2D eigenvalue weighted by Gasteiger charge is 2.31. The number of carbonyl (C=O) groups is 2. The molecule has 28 heavy (non-hydrogen) atoms. The van der Waals surface area contributed by atoms with Gasteiger partial charge in [-0.3, -0.25) is 0 Å². The molecule has 1 aromatic rings. The summed E-state index contributed by atoms with van der Waals surface area (Å²) in [4.78, 5) is 23.5. The Bertz CT molecular complexity index is 645. The summed E-state index contributed by atoms with van der Waals surface area (Å²) in [5, 5.41) is 0. The molecule has 6 heteroatoms. The molecular weight excluding hydrogens is 360 g/mol. The second-order valence-corrected chi connectivity index (χ2v) is 8.51. The van der Waals surface area contributed by atoms with Crippen LogP contribution in [-0.4, -0.2) is 30.6 Å². The molecule has 1 aromatic carbocycles. The van der Waals surface area contributed by atoms with Crippen molar-refractivity contribution in [2.45, 2.75) is 84.5 Å². The summed E-state index contributed by atoms with van der Waals surface area (Å²) in [6.45, 7) is 13.2. The third-order valence-electron chi connectivity index (χ3n) is 4.56. The number of methoxy groups -OCH3 is 1. The molecule has 0 bridgehead atoms. The van der Waals surface area contributed by atoms with Gasteiger partial charge in [-0.15, -0.1) is 0 Å². The Morgan fingerprint density at radius 1 is 0.821 bits per heavy atom. The largest absolute Gasteiger partial charge is 0.509 e. The molecule has 0 amide bonds. The topological polar surface area (TPSA) is 71.1 Å². The number of carbonyl (C=O) groups excluding carboxylic acids is 2. The average molecular weight is 395 g/mol. The van der Waals surface area contributed by atoms with Gasteiger partial charge in [0.05, 0.1) is 7.11 Å². The highest BCUT2D eigenvalue weighted by molar-refractivity contribution is 5.61. The van der Waals surface area contributed by atoms with E-state index in [0.29, 0.717) is 18.8 Å². The monoisotopic (exact) mass is 394 g/mol. The van der Waals surface area contributed by atoms with E-state index in [1.54, 1.807) is 27.7 Å². The summed E-state index contributed by atoms with van der Waals surface area (Å²) in [5.41, 5.74) is 0.640. The normalized spacial score (nSPS) is 13.0. The molecule has 0 aliphatic heterocycles. The van der Waals surface area contributed by atoms with Crippen LogP contribution in [0.25, 0.3) is 0 Å².